The molecular weight excluding hydrogens is 535 g/mol. The van der Waals surface area contributed by atoms with Crippen molar-refractivity contribution < 1.29 is 14.6 Å². The topological polar surface area (TPSA) is 62.1 Å². The highest BCUT2D eigenvalue weighted by Crippen LogP contribution is 2.37. The minimum Gasteiger partial charge on any atom is -0.504 e. The summed E-state index contributed by atoms with van der Waals surface area (Å²) in [5, 5.41) is 10.8. The van der Waals surface area contributed by atoms with E-state index in [2.05, 4.69) is 12.1 Å². The molecule has 0 radical (unpaired) electrons. The molecule has 1 fully saturated rings. The predicted molar refractivity (Wildman–Crippen MR) is 138 cm³/mol. The number of methoxy groups -OCH3 is 1. The van der Waals surface area contributed by atoms with Gasteiger partial charge in [0.2, 0.25) is 0 Å². The van der Waals surface area contributed by atoms with Crippen LogP contribution in [0.5, 0.6) is 11.5 Å². The van der Waals surface area contributed by atoms with Crippen LogP contribution in [0.25, 0.3) is 6.08 Å². The van der Waals surface area contributed by atoms with Crippen LogP contribution in [0, 0.1) is 3.57 Å². The van der Waals surface area contributed by atoms with E-state index >= 15 is 0 Å². The first kappa shape index (κ1) is 22.4. The lowest BCUT2D eigenvalue weighted by atomic mass is 10.1. The number of amides is 1. The van der Waals surface area contributed by atoms with Gasteiger partial charge >= 0.3 is 0 Å². The van der Waals surface area contributed by atoms with Crippen LogP contribution in [0.2, 0.25) is 0 Å². The minimum absolute atomic E-state index is 0.0809. The lowest BCUT2D eigenvalue weighted by Crippen LogP contribution is -2.31. The number of thioether (sulfide) groups is 1. The standard InChI is InChI=1S/C25H21IN2O3S/c1-31-21-15-18(14-20(26)23(21)29)16-22-24(30)28(13-12-17-8-4-2-5-9-17)25(32-22)27-19-10-6-3-7-11-19/h2-11,14-16,29H,12-13H2,1H3/b22-16+,27-25?. The van der Waals surface area contributed by atoms with E-state index in [4.69, 9.17) is 9.73 Å². The maximum absolute atomic E-state index is 13.3. The molecule has 0 saturated carbocycles. The number of amidine groups is 1. The molecule has 0 aromatic heterocycles. The van der Waals surface area contributed by atoms with E-state index in [9.17, 15) is 9.90 Å². The molecule has 0 bridgehead atoms. The summed E-state index contributed by atoms with van der Waals surface area (Å²) in [7, 11) is 1.51. The van der Waals surface area contributed by atoms with Gasteiger partial charge in [-0.1, -0.05) is 48.5 Å². The van der Waals surface area contributed by atoms with Crippen molar-refractivity contribution in [3.05, 3.63) is 92.4 Å². The SMILES string of the molecule is COc1cc(/C=C2/SC(=Nc3ccccc3)N(CCc3ccccc3)C2=O)cc(I)c1O. The van der Waals surface area contributed by atoms with Crippen molar-refractivity contribution in [3.63, 3.8) is 0 Å². The van der Waals surface area contributed by atoms with Crippen LogP contribution in [0.15, 0.2) is 82.7 Å². The van der Waals surface area contributed by atoms with E-state index in [1.807, 2.05) is 83.3 Å². The molecule has 4 rings (SSSR count). The molecule has 1 N–H and O–H groups in total. The first-order valence-electron chi connectivity index (χ1n) is 10.0. The summed E-state index contributed by atoms with van der Waals surface area (Å²) in [6.07, 6.45) is 2.55. The average Bonchev–Trinajstić information content (AvgIpc) is 3.09. The Morgan fingerprint density at radius 2 is 1.78 bits per heavy atom. The monoisotopic (exact) mass is 556 g/mol. The molecule has 162 valence electrons. The summed E-state index contributed by atoms with van der Waals surface area (Å²) in [6, 6.07) is 23.3. The fourth-order valence-electron chi connectivity index (χ4n) is 3.27. The molecule has 3 aromatic carbocycles. The maximum Gasteiger partial charge on any atom is 0.266 e. The van der Waals surface area contributed by atoms with Crippen LogP contribution < -0.4 is 4.74 Å². The van der Waals surface area contributed by atoms with Gasteiger partial charge < -0.3 is 9.84 Å². The van der Waals surface area contributed by atoms with Gasteiger partial charge in [-0.3, -0.25) is 9.69 Å². The maximum atomic E-state index is 13.3. The number of hydrogen-bond acceptors (Lipinski definition) is 5. The summed E-state index contributed by atoms with van der Waals surface area (Å²) in [5.74, 6) is 0.387. The van der Waals surface area contributed by atoms with Crippen molar-refractivity contribution in [1.82, 2.24) is 4.90 Å². The third-order valence-corrected chi connectivity index (χ3v) is 6.73. The summed E-state index contributed by atoms with van der Waals surface area (Å²) < 4.78 is 5.91. The van der Waals surface area contributed by atoms with E-state index in [1.165, 1.54) is 24.4 Å². The van der Waals surface area contributed by atoms with Gasteiger partial charge in [-0.2, -0.15) is 0 Å². The number of aliphatic imine (C=N–C) groups is 1. The molecule has 5 nitrogen and oxygen atoms in total. The normalized spacial score (nSPS) is 16.2. The van der Waals surface area contributed by atoms with Crippen molar-refractivity contribution in [1.29, 1.82) is 0 Å². The number of nitrogens with zero attached hydrogens (tertiary/aromatic N) is 2. The average molecular weight is 556 g/mol. The van der Waals surface area contributed by atoms with E-state index in [0.29, 0.717) is 25.9 Å². The lowest BCUT2D eigenvalue weighted by molar-refractivity contribution is -0.122. The summed E-state index contributed by atoms with van der Waals surface area (Å²) in [4.78, 5) is 20.4. The van der Waals surface area contributed by atoms with Crippen LogP contribution in [0.3, 0.4) is 0 Å². The van der Waals surface area contributed by atoms with Gasteiger partial charge in [-0.15, -0.1) is 0 Å². The number of halogens is 1. The van der Waals surface area contributed by atoms with Crippen LogP contribution in [-0.4, -0.2) is 34.7 Å². The molecule has 32 heavy (non-hydrogen) atoms. The van der Waals surface area contributed by atoms with E-state index in [-0.39, 0.29) is 11.7 Å². The third kappa shape index (κ3) is 5.16. The van der Waals surface area contributed by atoms with Crippen LogP contribution in [-0.2, 0) is 11.2 Å². The van der Waals surface area contributed by atoms with E-state index < -0.39 is 0 Å². The Hall–Kier alpha value is -2.78. The Bertz CT molecular complexity index is 1180. The molecule has 7 heteroatoms. The number of carbonyl (C=O) groups excluding carboxylic acids is 1. The summed E-state index contributed by atoms with van der Waals surface area (Å²) in [6.45, 7) is 0.537. The summed E-state index contributed by atoms with van der Waals surface area (Å²) in [5.41, 5.74) is 2.75. The van der Waals surface area contributed by atoms with Crippen molar-refractivity contribution >= 4 is 57.2 Å². The van der Waals surface area contributed by atoms with Crippen LogP contribution in [0.1, 0.15) is 11.1 Å². The van der Waals surface area contributed by atoms with E-state index in [1.54, 1.807) is 11.0 Å². The van der Waals surface area contributed by atoms with E-state index in [0.717, 1.165) is 17.7 Å². The zero-order chi connectivity index (χ0) is 22.5. The van der Waals surface area contributed by atoms with Gasteiger partial charge in [0, 0.05) is 6.54 Å². The molecule has 0 aliphatic carbocycles. The first-order valence-corrected chi connectivity index (χ1v) is 11.9. The number of ether oxygens (including phenoxy) is 1. The molecule has 0 atom stereocenters. The smallest absolute Gasteiger partial charge is 0.266 e. The Balaban J connectivity index is 1.66. The zero-order valence-corrected chi connectivity index (χ0v) is 20.3. The number of carbonyl (C=O) groups is 1. The molecule has 0 spiro atoms. The third-order valence-electron chi connectivity index (χ3n) is 4.90. The van der Waals surface area contributed by atoms with Gasteiger partial charge in [-0.05, 0) is 82.2 Å². The molecule has 1 saturated heterocycles. The Morgan fingerprint density at radius 1 is 1.09 bits per heavy atom. The number of hydrogen-bond donors (Lipinski definition) is 1. The lowest BCUT2D eigenvalue weighted by Gasteiger charge is -2.15. The number of para-hydroxylation sites is 1. The van der Waals surface area contributed by atoms with Gasteiger partial charge in [-0.25, -0.2) is 4.99 Å². The number of aromatic hydroxyl groups is 1. The van der Waals surface area contributed by atoms with Gasteiger partial charge in [0.1, 0.15) is 0 Å². The Labute approximate surface area is 205 Å². The molecule has 1 aliphatic rings. The van der Waals surface area contributed by atoms with Crippen LogP contribution >= 0.6 is 34.4 Å². The first-order chi connectivity index (χ1) is 15.5. The minimum atomic E-state index is -0.0809. The van der Waals surface area contributed by atoms with Gasteiger partial charge in [0.25, 0.3) is 5.91 Å². The predicted octanol–water partition coefficient (Wildman–Crippen LogP) is 5.85. The highest BCUT2D eigenvalue weighted by atomic mass is 127. The highest BCUT2D eigenvalue weighted by molar-refractivity contribution is 14.1. The molecular formula is C25H21IN2O3S. The number of phenolic OH excluding ortho intramolecular Hbond substituents is 1. The van der Waals surface area contributed by atoms with Crippen molar-refractivity contribution in [2.24, 2.45) is 4.99 Å². The second-order valence-electron chi connectivity index (χ2n) is 7.09. The highest BCUT2D eigenvalue weighted by Gasteiger charge is 2.33. The van der Waals surface area contributed by atoms with Crippen molar-refractivity contribution in [3.8, 4) is 11.5 Å². The zero-order valence-electron chi connectivity index (χ0n) is 17.4. The fraction of sp³-hybridized carbons (Fsp3) is 0.120. The fourth-order valence-corrected chi connectivity index (χ4v) is 4.92. The second-order valence-corrected chi connectivity index (χ2v) is 9.26. The number of benzene rings is 3. The second kappa shape index (κ2) is 10.2. The number of rotatable bonds is 6. The Kier molecular flexibility index (Phi) is 7.16. The molecule has 3 aromatic rings. The molecule has 0 unspecified atom stereocenters. The molecule has 1 amide bonds. The van der Waals surface area contributed by atoms with Crippen molar-refractivity contribution in [2.45, 2.75) is 6.42 Å². The van der Waals surface area contributed by atoms with Gasteiger partial charge in [0.05, 0.1) is 21.3 Å². The summed E-state index contributed by atoms with van der Waals surface area (Å²) >= 11 is 3.41. The quantitative estimate of drug-likeness (QED) is 0.306. The number of phenols is 1. The Morgan fingerprint density at radius 3 is 2.47 bits per heavy atom. The van der Waals surface area contributed by atoms with Gasteiger partial charge in [0.15, 0.2) is 16.7 Å². The van der Waals surface area contributed by atoms with Crippen LogP contribution in [0.4, 0.5) is 5.69 Å². The molecule has 1 heterocycles. The van der Waals surface area contributed by atoms with Crippen molar-refractivity contribution in [2.75, 3.05) is 13.7 Å². The molecule has 1 aliphatic heterocycles. The largest absolute Gasteiger partial charge is 0.504 e.